The number of rotatable bonds is 3. The number of benzene rings is 1. The minimum atomic E-state index is -0.639. The number of piperidine rings is 1. The molecule has 1 N–H and O–H groups in total. The first-order chi connectivity index (χ1) is 9.36. The second kappa shape index (κ2) is 5.72. The first kappa shape index (κ1) is 15.3. The quantitative estimate of drug-likeness (QED) is 0.896. The molecule has 0 aliphatic carbocycles. The van der Waals surface area contributed by atoms with E-state index in [1.54, 1.807) is 13.8 Å². The van der Waals surface area contributed by atoms with Crippen LogP contribution in [0.5, 0.6) is 0 Å². The lowest BCUT2D eigenvalue weighted by Gasteiger charge is -2.41. The summed E-state index contributed by atoms with van der Waals surface area (Å²) in [5.74, 6) is -0.236. The summed E-state index contributed by atoms with van der Waals surface area (Å²) in [5, 5.41) is 9.91. The Morgan fingerprint density at radius 2 is 1.95 bits per heavy atom. The first-order valence-electron chi connectivity index (χ1n) is 7.59. The van der Waals surface area contributed by atoms with Crippen molar-refractivity contribution in [1.82, 2.24) is 0 Å². The predicted molar refractivity (Wildman–Crippen MR) is 81.6 cm³/mol. The summed E-state index contributed by atoms with van der Waals surface area (Å²) < 4.78 is 13.7. The zero-order chi connectivity index (χ0) is 14.9. The molecule has 0 saturated carbocycles. The van der Waals surface area contributed by atoms with Crippen LogP contribution in [0.3, 0.4) is 0 Å². The van der Waals surface area contributed by atoms with Crippen molar-refractivity contribution in [2.75, 3.05) is 18.0 Å². The zero-order valence-corrected chi connectivity index (χ0v) is 13.0. The molecule has 1 atom stereocenters. The highest BCUT2D eigenvalue weighted by Crippen LogP contribution is 2.38. The third-order valence-corrected chi connectivity index (χ3v) is 4.92. The van der Waals surface area contributed by atoms with Crippen LogP contribution in [0.4, 0.5) is 10.1 Å². The number of nitrogens with zero attached hydrogens (tertiary/aromatic N) is 1. The number of aliphatic hydroxyl groups is 1. The van der Waals surface area contributed by atoms with Crippen LogP contribution in [0.2, 0.25) is 0 Å². The Kier molecular flexibility index (Phi) is 4.38. The van der Waals surface area contributed by atoms with E-state index in [1.807, 2.05) is 6.07 Å². The topological polar surface area (TPSA) is 23.5 Å². The molecule has 2 nitrogen and oxygen atoms in total. The summed E-state index contributed by atoms with van der Waals surface area (Å²) in [4.78, 5) is 2.30. The second-order valence-electron chi connectivity index (χ2n) is 6.49. The summed E-state index contributed by atoms with van der Waals surface area (Å²) in [5.41, 5.74) is 2.77. The zero-order valence-electron chi connectivity index (χ0n) is 13.0. The second-order valence-corrected chi connectivity index (χ2v) is 6.49. The smallest absolute Gasteiger partial charge is 0.126 e. The van der Waals surface area contributed by atoms with Gasteiger partial charge in [-0.2, -0.15) is 0 Å². The van der Waals surface area contributed by atoms with Crippen LogP contribution in [0, 0.1) is 18.2 Å². The lowest BCUT2D eigenvalue weighted by Crippen LogP contribution is -2.39. The van der Waals surface area contributed by atoms with Gasteiger partial charge in [-0.1, -0.05) is 20.3 Å². The minimum absolute atomic E-state index is 0.236. The maximum Gasteiger partial charge on any atom is 0.126 e. The Morgan fingerprint density at radius 3 is 2.45 bits per heavy atom. The van der Waals surface area contributed by atoms with Crippen molar-refractivity contribution >= 4 is 5.69 Å². The molecule has 1 saturated heterocycles. The molecule has 0 bridgehead atoms. The molecular formula is C17H26FNO. The number of hydrogen-bond acceptors (Lipinski definition) is 2. The Bertz CT molecular complexity index is 476. The SMILES string of the molecule is CCC1(C)CCN(c2cc(C)c(F)cc2[C@@H](C)O)CC1. The van der Waals surface area contributed by atoms with Crippen LogP contribution in [0.1, 0.15) is 57.3 Å². The average Bonchev–Trinajstić information content (AvgIpc) is 2.42. The van der Waals surface area contributed by atoms with E-state index < -0.39 is 6.10 Å². The molecule has 0 amide bonds. The van der Waals surface area contributed by atoms with Gasteiger partial charge >= 0.3 is 0 Å². The van der Waals surface area contributed by atoms with Crippen molar-refractivity contribution in [3.05, 3.63) is 29.1 Å². The number of hydrogen-bond donors (Lipinski definition) is 1. The summed E-state index contributed by atoms with van der Waals surface area (Å²) in [7, 11) is 0. The van der Waals surface area contributed by atoms with Crippen molar-refractivity contribution in [3.63, 3.8) is 0 Å². The van der Waals surface area contributed by atoms with E-state index in [2.05, 4.69) is 18.7 Å². The molecule has 1 aromatic rings. The number of aliphatic hydroxyl groups excluding tert-OH is 1. The lowest BCUT2D eigenvalue weighted by atomic mass is 9.78. The molecule has 0 aromatic heterocycles. The van der Waals surface area contributed by atoms with Crippen LogP contribution in [0.15, 0.2) is 12.1 Å². The molecule has 2 rings (SSSR count). The van der Waals surface area contributed by atoms with E-state index in [1.165, 1.54) is 12.5 Å². The van der Waals surface area contributed by atoms with Gasteiger partial charge in [0.2, 0.25) is 0 Å². The fourth-order valence-electron chi connectivity index (χ4n) is 2.93. The fraction of sp³-hybridized carbons (Fsp3) is 0.647. The van der Waals surface area contributed by atoms with E-state index in [4.69, 9.17) is 0 Å². The van der Waals surface area contributed by atoms with Gasteiger partial charge in [0.25, 0.3) is 0 Å². The highest BCUT2D eigenvalue weighted by molar-refractivity contribution is 5.57. The Labute approximate surface area is 121 Å². The lowest BCUT2D eigenvalue weighted by molar-refractivity contribution is 0.198. The number of aryl methyl sites for hydroxylation is 1. The Morgan fingerprint density at radius 1 is 1.35 bits per heavy atom. The molecule has 0 unspecified atom stereocenters. The number of halogens is 1. The van der Waals surface area contributed by atoms with E-state index in [9.17, 15) is 9.50 Å². The highest BCUT2D eigenvalue weighted by atomic mass is 19.1. The monoisotopic (exact) mass is 279 g/mol. The summed E-state index contributed by atoms with van der Waals surface area (Å²) in [6, 6.07) is 3.37. The molecule has 1 heterocycles. The maximum absolute atomic E-state index is 13.7. The van der Waals surface area contributed by atoms with Gasteiger partial charge in [-0.25, -0.2) is 4.39 Å². The third-order valence-electron chi connectivity index (χ3n) is 4.92. The first-order valence-corrected chi connectivity index (χ1v) is 7.59. The standard InChI is InChI=1S/C17H26FNO/c1-5-17(4)6-8-19(9-7-17)16-10-12(2)15(18)11-14(16)13(3)20/h10-11,13,20H,5-9H2,1-4H3/t13-/m1/s1. The van der Waals surface area contributed by atoms with E-state index in [-0.39, 0.29) is 5.82 Å². The molecule has 0 spiro atoms. The van der Waals surface area contributed by atoms with Crippen molar-refractivity contribution in [2.24, 2.45) is 5.41 Å². The van der Waals surface area contributed by atoms with Crippen LogP contribution in [-0.4, -0.2) is 18.2 Å². The molecule has 1 aliphatic heterocycles. The van der Waals surface area contributed by atoms with Gasteiger partial charge in [-0.3, -0.25) is 0 Å². The van der Waals surface area contributed by atoms with E-state index in [0.717, 1.165) is 31.6 Å². The molecule has 1 aliphatic rings. The van der Waals surface area contributed by atoms with Gasteiger partial charge < -0.3 is 10.0 Å². The van der Waals surface area contributed by atoms with Gasteiger partial charge in [0.05, 0.1) is 6.10 Å². The number of anilines is 1. The van der Waals surface area contributed by atoms with Crippen molar-refractivity contribution in [1.29, 1.82) is 0 Å². The van der Waals surface area contributed by atoms with Gasteiger partial charge in [0, 0.05) is 24.3 Å². The highest BCUT2D eigenvalue weighted by Gasteiger charge is 2.29. The minimum Gasteiger partial charge on any atom is -0.389 e. The molecule has 3 heteroatoms. The molecule has 20 heavy (non-hydrogen) atoms. The van der Waals surface area contributed by atoms with E-state index in [0.29, 0.717) is 16.5 Å². The molecule has 1 fully saturated rings. The summed E-state index contributed by atoms with van der Waals surface area (Å²) in [6.45, 7) is 10.0. The molecular weight excluding hydrogens is 253 g/mol. The largest absolute Gasteiger partial charge is 0.389 e. The Hall–Kier alpha value is -1.09. The Balaban J connectivity index is 2.27. The molecule has 1 aromatic carbocycles. The van der Waals surface area contributed by atoms with Gasteiger partial charge in [-0.15, -0.1) is 0 Å². The predicted octanol–water partition coefficient (Wildman–Crippen LogP) is 4.20. The van der Waals surface area contributed by atoms with Gasteiger partial charge in [0.15, 0.2) is 0 Å². The van der Waals surface area contributed by atoms with Gasteiger partial charge in [0.1, 0.15) is 5.82 Å². The van der Waals surface area contributed by atoms with Crippen LogP contribution in [0.25, 0.3) is 0 Å². The maximum atomic E-state index is 13.7. The van der Waals surface area contributed by atoms with Crippen molar-refractivity contribution < 1.29 is 9.50 Å². The van der Waals surface area contributed by atoms with Crippen molar-refractivity contribution in [2.45, 2.75) is 53.1 Å². The third kappa shape index (κ3) is 2.98. The molecule has 0 radical (unpaired) electrons. The van der Waals surface area contributed by atoms with Crippen LogP contribution >= 0.6 is 0 Å². The van der Waals surface area contributed by atoms with Gasteiger partial charge in [-0.05, 0) is 49.8 Å². The normalized spacial score (nSPS) is 20.0. The summed E-state index contributed by atoms with van der Waals surface area (Å²) >= 11 is 0. The van der Waals surface area contributed by atoms with Crippen LogP contribution < -0.4 is 4.90 Å². The average molecular weight is 279 g/mol. The van der Waals surface area contributed by atoms with E-state index >= 15 is 0 Å². The van der Waals surface area contributed by atoms with Crippen molar-refractivity contribution in [3.8, 4) is 0 Å². The summed E-state index contributed by atoms with van der Waals surface area (Å²) in [6.07, 6.45) is 2.87. The molecule has 112 valence electrons. The van der Waals surface area contributed by atoms with Crippen LogP contribution in [-0.2, 0) is 0 Å². The fourth-order valence-corrected chi connectivity index (χ4v) is 2.93.